The second-order valence-electron chi connectivity index (χ2n) is 4.72. The molecule has 1 aliphatic rings. The molecule has 0 fully saturated rings. The van der Waals surface area contributed by atoms with Gasteiger partial charge in [0, 0.05) is 19.7 Å². The number of rotatable bonds is 5. The molecule has 0 radical (unpaired) electrons. The second kappa shape index (κ2) is 5.81. The molecule has 2 rings (SSSR count). The van der Waals surface area contributed by atoms with E-state index in [1.54, 1.807) is 19.2 Å². The van der Waals surface area contributed by atoms with Crippen LogP contribution in [-0.4, -0.2) is 38.0 Å². The molecule has 0 spiro atoms. The smallest absolute Gasteiger partial charge is 0.296 e. The molecule has 1 unspecified atom stereocenters. The lowest BCUT2D eigenvalue weighted by Crippen LogP contribution is -2.36. The molecule has 1 heterocycles. The molecule has 0 aromatic heterocycles. The largest absolute Gasteiger partial charge is 0.383 e. The van der Waals surface area contributed by atoms with Gasteiger partial charge in [-0.25, -0.2) is 0 Å². The van der Waals surface area contributed by atoms with Gasteiger partial charge in [0.05, 0.1) is 28.6 Å². The first-order valence-corrected chi connectivity index (χ1v) is 6.82. The summed E-state index contributed by atoms with van der Waals surface area (Å²) in [6, 6.07) is 3.43. The molecule has 1 aromatic carbocycles. The number of hydrogen-bond acceptors (Lipinski definition) is 4. The maximum Gasteiger partial charge on any atom is 0.296 e. The van der Waals surface area contributed by atoms with Crippen LogP contribution in [0.1, 0.15) is 24.2 Å². The van der Waals surface area contributed by atoms with Crippen molar-refractivity contribution in [3.63, 3.8) is 0 Å². The van der Waals surface area contributed by atoms with Crippen molar-refractivity contribution in [1.82, 2.24) is 0 Å². The molecule has 5 nitrogen and oxygen atoms in total. The zero-order chi connectivity index (χ0) is 14.9. The number of nitrogens with one attached hydrogen (secondary N) is 1. The minimum Gasteiger partial charge on any atom is -0.383 e. The van der Waals surface area contributed by atoms with E-state index in [0.717, 1.165) is 12.2 Å². The van der Waals surface area contributed by atoms with Crippen molar-refractivity contribution in [3.05, 3.63) is 22.7 Å². The predicted molar refractivity (Wildman–Crippen MR) is 78.8 cm³/mol. The Morgan fingerprint density at radius 3 is 2.70 bits per heavy atom. The van der Waals surface area contributed by atoms with E-state index in [1.165, 1.54) is 0 Å². The summed E-state index contributed by atoms with van der Waals surface area (Å²) in [5.74, 6) is -1.15. The first-order valence-electron chi connectivity index (χ1n) is 6.44. The van der Waals surface area contributed by atoms with E-state index >= 15 is 0 Å². The van der Waals surface area contributed by atoms with Gasteiger partial charge < -0.3 is 15.0 Å². The van der Waals surface area contributed by atoms with Crippen LogP contribution in [0.15, 0.2) is 12.1 Å². The van der Waals surface area contributed by atoms with Crippen LogP contribution < -0.4 is 10.2 Å². The average Bonchev–Trinajstić information content (AvgIpc) is 2.67. The van der Waals surface area contributed by atoms with E-state index in [1.807, 2.05) is 13.8 Å². The second-order valence-corrected chi connectivity index (χ2v) is 5.13. The maximum atomic E-state index is 11.6. The molecule has 1 aromatic rings. The van der Waals surface area contributed by atoms with E-state index < -0.39 is 11.7 Å². The Morgan fingerprint density at radius 1 is 1.40 bits per heavy atom. The average molecular weight is 297 g/mol. The molecule has 0 aliphatic carbocycles. The topological polar surface area (TPSA) is 58.6 Å². The standard InChI is InChI=1S/C14H17ClN2O3/c1-4-17(8(2)7-20-3)12-6-11-9(5-10(12)15)13(18)14(19)16-11/h5-6,8H,4,7H2,1-3H3,(H,16,18,19). The number of carbonyl (C=O) groups excluding carboxylic acids is 2. The lowest BCUT2D eigenvalue weighted by molar-refractivity contribution is -0.112. The summed E-state index contributed by atoms with van der Waals surface area (Å²) >= 11 is 6.26. The van der Waals surface area contributed by atoms with Crippen LogP contribution in [0, 0.1) is 0 Å². The third kappa shape index (κ3) is 2.51. The third-order valence-electron chi connectivity index (χ3n) is 3.38. The number of benzene rings is 1. The van der Waals surface area contributed by atoms with E-state index in [2.05, 4.69) is 10.2 Å². The van der Waals surface area contributed by atoms with E-state index in [-0.39, 0.29) is 6.04 Å². The maximum absolute atomic E-state index is 11.6. The van der Waals surface area contributed by atoms with Gasteiger partial charge in [0.25, 0.3) is 11.7 Å². The van der Waals surface area contributed by atoms with Gasteiger partial charge in [-0.3, -0.25) is 9.59 Å². The Kier molecular flexibility index (Phi) is 4.30. The molecule has 6 heteroatoms. The number of carbonyl (C=O) groups is 2. The zero-order valence-corrected chi connectivity index (χ0v) is 12.5. The van der Waals surface area contributed by atoms with Crippen LogP contribution in [0.5, 0.6) is 0 Å². The molecule has 20 heavy (non-hydrogen) atoms. The number of ketones is 1. The van der Waals surface area contributed by atoms with Gasteiger partial charge in [0.15, 0.2) is 0 Å². The van der Waals surface area contributed by atoms with Gasteiger partial charge >= 0.3 is 0 Å². The first-order chi connectivity index (χ1) is 9.49. The highest BCUT2D eigenvalue weighted by Gasteiger charge is 2.30. The Labute approximate surface area is 122 Å². The van der Waals surface area contributed by atoms with Crippen molar-refractivity contribution in [3.8, 4) is 0 Å². The number of fused-ring (bicyclic) bond motifs is 1. The number of methoxy groups -OCH3 is 1. The minimum atomic E-state index is -0.610. The van der Waals surface area contributed by atoms with Gasteiger partial charge in [0.2, 0.25) is 0 Å². The van der Waals surface area contributed by atoms with Crippen LogP contribution in [0.25, 0.3) is 0 Å². The van der Waals surface area contributed by atoms with Gasteiger partial charge in [-0.15, -0.1) is 0 Å². The summed E-state index contributed by atoms with van der Waals surface area (Å²) in [5.41, 5.74) is 1.63. The molecule has 0 bridgehead atoms. The fraction of sp³-hybridized carbons (Fsp3) is 0.429. The number of likely N-dealkylation sites (N-methyl/N-ethyl adjacent to an activating group) is 1. The van der Waals surface area contributed by atoms with Crippen LogP contribution >= 0.6 is 11.6 Å². The van der Waals surface area contributed by atoms with Crippen molar-refractivity contribution < 1.29 is 14.3 Å². The summed E-state index contributed by atoms with van der Waals surface area (Å²) in [4.78, 5) is 25.1. The number of ether oxygens (including phenoxy) is 1. The van der Waals surface area contributed by atoms with Crippen LogP contribution in [0.3, 0.4) is 0 Å². The summed E-state index contributed by atoms with van der Waals surface area (Å²) in [6.07, 6.45) is 0. The van der Waals surface area contributed by atoms with E-state index in [9.17, 15) is 9.59 Å². The highest BCUT2D eigenvalue weighted by Crippen LogP contribution is 2.35. The Hall–Kier alpha value is -1.59. The quantitative estimate of drug-likeness (QED) is 0.847. The van der Waals surface area contributed by atoms with Crippen molar-refractivity contribution in [1.29, 1.82) is 0 Å². The molecule has 0 saturated heterocycles. The zero-order valence-electron chi connectivity index (χ0n) is 11.7. The summed E-state index contributed by atoms with van der Waals surface area (Å²) in [6.45, 7) is 5.34. The summed E-state index contributed by atoms with van der Waals surface area (Å²) in [7, 11) is 1.65. The number of anilines is 2. The van der Waals surface area contributed by atoms with Gasteiger partial charge in [-0.05, 0) is 26.0 Å². The summed E-state index contributed by atoms with van der Waals surface area (Å²) < 4.78 is 5.17. The highest BCUT2D eigenvalue weighted by atomic mass is 35.5. The van der Waals surface area contributed by atoms with Gasteiger partial charge in [-0.2, -0.15) is 0 Å². The fourth-order valence-electron chi connectivity index (χ4n) is 2.43. The summed E-state index contributed by atoms with van der Waals surface area (Å²) in [5, 5.41) is 3.02. The number of amides is 1. The molecular formula is C14H17ClN2O3. The molecule has 1 aliphatic heterocycles. The number of hydrogen-bond donors (Lipinski definition) is 1. The normalized spacial score (nSPS) is 15.0. The lowest BCUT2D eigenvalue weighted by Gasteiger charge is -2.30. The number of halogens is 1. The fourth-order valence-corrected chi connectivity index (χ4v) is 2.70. The first kappa shape index (κ1) is 14.8. The van der Waals surface area contributed by atoms with Crippen molar-refractivity contribution in [2.24, 2.45) is 0 Å². The lowest BCUT2D eigenvalue weighted by atomic mass is 10.1. The van der Waals surface area contributed by atoms with Crippen molar-refractivity contribution in [2.45, 2.75) is 19.9 Å². The molecular weight excluding hydrogens is 280 g/mol. The Morgan fingerprint density at radius 2 is 2.10 bits per heavy atom. The molecule has 1 atom stereocenters. The molecule has 108 valence electrons. The molecule has 1 amide bonds. The van der Waals surface area contributed by atoms with Crippen molar-refractivity contribution in [2.75, 3.05) is 30.5 Å². The minimum absolute atomic E-state index is 0.133. The van der Waals surface area contributed by atoms with Crippen LogP contribution in [0.2, 0.25) is 5.02 Å². The number of Topliss-reactive ketones (excluding diaryl/α,β-unsaturated/α-hetero) is 1. The van der Waals surface area contributed by atoms with Gasteiger partial charge in [-0.1, -0.05) is 11.6 Å². The highest BCUT2D eigenvalue weighted by molar-refractivity contribution is 6.52. The SMILES string of the molecule is CCN(c1cc2c(cc1Cl)C(=O)C(=O)N2)C(C)COC. The van der Waals surface area contributed by atoms with Crippen LogP contribution in [0.4, 0.5) is 11.4 Å². The Balaban J connectivity index is 2.41. The number of nitrogens with zero attached hydrogens (tertiary/aromatic N) is 1. The Bertz CT molecular complexity index is 560. The van der Waals surface area contributed by atoms with Crippen molar-refractivity contribution >= 4 is 34.7 Å². The van der Waals surface area contributed by atoms with E-state index in [4.69, 9.17) is 16.3 Å². The van der Waals surface area contributed by atoms with E-state index in [0.29, 0.717) is 22.9 Å². The molecule has 1 N–H and O–H groups in total. The third-order valence-corrected chi connectivity index (χ3v) is 3.68. The monoisotopic (exact) mass is 296 g/mol. The van der Waals surface area contributed by atoms with Gasteiger partial charge in [0.1, 0.15) is 0 Å². The molecule has 0 saturated carbocycles. The predicted octanol–water partition coefficient (Wildman–Crippen LogP) is 2.34. The van der Waals surface area contributed by atoms with Crippen LogP contribution in [-0.2, 0) is 9.53 Å².